The Morgan fingerprint density at radius 2 is 1.50 bits per heavy atom. The maximum atomic E-state index is 13.1. The van der Waals surface area contributed by atoms with Crippen LogP contribution in [0.5, 0.6) is 0 Å². The summed E-state index contributed by atoms with van der Waals surface area (Å²) in [6.07, 6.45) is 2.03. The molecule has 2 unspecified atom stereocenters. The molecule has 26 heavy (non-hydrogen) atoms. The van der Waals surface area contributed by atoms with Crippen LogP contribution in [0.3, 0.4) is 0 Å². The van der Waals surface area contributed by atoms with Crippen LogP contribution in [0.4, 0.5) is 0 Å². The van der Waals surface area contributed by atoms with E-state index in [2.05, 4.69) is 20.8 Å². The first kappa shape index (κ1) is 21.4. The van der Waals surface area contributed by atoms with Crippen LogP contribution in [0.15, 0.2) is 17.0 Å². The van der Waals surface area contributed by atoms with Crippen LogP contribution in [0.25, 0.3) is 0 Å². The van der Waals surface area contributed by atoms with Gasteiger partial charge in [-0.15, -0.1) is 0 Å². The third-order valence-corrected chi connectivity index (χ3v) is 6.40. The Hall–Kier alpha value is -0.910. The second kappa shape index (κ2) is 8.41. The normalized spacial score (nSPS) is 20.4. The van der Waals surface area contributed by atoms with E-state index >= 15 is 0 Å². The first-order valence-corrected chi connectivity index (χ1v) is 11.2. The first-order valence-electron chi connectivity index (χ1n) is 9.81. The molecule has 2 rings (SSSR count). The van der Waals surface area contributed by atoms with Crippen molar-refractivity contribution in [3.05, 3.63) is 28.8 Å². The van der Waals surface area contributed by atoms with Crippen LogP contribution in [0.1, 0.15) is 95.8 Å². The Bertz CT molecular complexity index is 691. The van der Waals surface area contributed by atoms with Gasteiger partial charge < -0.3 is 4.74 Å². The minimum absolute atomic E-state index is 0.0929. The van der Waals surface area contributed by atoms with E-state index in [-0.39, 0.29) is 30.7 Å². The zero-order chi connectivity index (χ0) is 19.6. The van der Waals surface area contributed by atoms with Gasteiger partial charge in [0, 0.05) is 0 Å². The predicted molar refractivity (Wildman–Crippen MR) is 105 cm³/mol. The summed E-state index contributed by atoms with van der Waals surface area (Å²) in [7, 11) is -3.83. The molecule has 0 bridgehead atoms. The average Bonchev–Trinajstić information content (AvgIpc) is 3.30. The zero-order valence-electron chi connectivity index (χ0n) is 17.2. The minimum atomic E-state index is -3.83. The lowest BCUT2D eigenvalue weighted by Crippen LogP contribution is -2.17. The van der Waals surface area contributed by atoms with E-state index in [0.29, 0.717) is 10.8 Å². The third-order valence-electron chi connectivity index (χ3n) is 4.98. The van der Waals surface area contributed by atoms with Crippen LogP contribution < -0.4 is 0 Å². The zero-order valence-corrected chi connectivity index (χ0v) is 18.0. The molecule has 0 radical (unpaired) electrons. The van der Waals surface area contributed by atoms with Crippen LogP contribution in [0, 0.1) is 0 Å². The van der Waals surface area contributed by atoms with Crippen molar-refractivity contribution in [3.63, 3.8) is 0 Å². The smallest absolute Gasteiger partial charge is 0.297 e. The van der Waals surface area contributed by atoms with Crippen molar-refractivity contribution in [3.8, 4) is 0 Å². The average molecular weight is 383 g/mol. The van der Waals surface area contributed by atoms with Crippen molar-refractivity contribution in [1.82, 2.24) is 0 Å². The maximum Gasteiger partial charge on any atom is 0.297 e. The molecule has 1 aromatic carbocycles. The van der Waals surface area contributed by atoms with Crippen molar-refractivity contribution >= 4 is 10.1 Å². The van der Waals surface area contributed by atoms with Gasteiger partial charge >= 0.3 is 0 Å². The minimum Gasteiger partial charge on any atom is -0.367 e. The van der Waals surface area contributed by atoms with Gasteiger partial charge in [0.15, 0.2) is 0 Å². The molecule has 2 atom stereocenters. The Morgan fingerprint density at radius 1 is 0.962 bits per heavy atom. The van der Waals surface area contributed by atoms with Crippen LogP contribution in [-0.4, -0.2) is 27.2 Å². The Labute approximate surface area is 159 Å². The summed E-state index contributed by atoms with van der Waals surface area (Å²) in [6.45, 7) is 14.6. The second-order valence-corrected chi connectivity index (χ2v) is 9.79. The predicted octanol–water partition coefficient (Wildman–Crippen LogP) is 5.33. The fraction of sp³-hybridized carbons (Fsp3) is 0.714. The van der Waals surface area contributed by atoms with E-state index in [1.54, 1.807) is 0 Å². The monoisotopic (exact) mass is 382 g/mol. The third kappa shape index (κ3) is 4.87. The summed E-state index contributed by atoms with van der Waals surface area (Å²) in [5, 5.41) is 0. The fourth-order valence-electron chi connectivity index (χ4n) is 3.26. The summed E-state index contributed by atoms with van der Waals surface area (Å²) >= 11 is 0. The van der Waals surface area contributed by atoms with Gasteiger partial charge in [0.2, 0.25) is 0 Å². The van der Waals surface area contributed by atoms with Crippen LogP contribution in [0.2, 0.25) is 0 Å². The maximum absolute atomic E-state index is 13.1. The molecule has 1 aliphatic rings. The first-order chi connectivity index (χ1) is 12.1. The number of hydrogen-bond acceptors (Lipinski definition) is 4. The lowest BCUT2D eigenvalue weighted by Gasteiger charge is -2.22. The van der Waals surface area contributed by atoms with Crippen molar-refractivity contribution in [2.75, 3.05) is 6.61 Å². The lowest BCUT2D eigenvalue weighted by molar-refractivity contribution is 0.262. The number of rotatable bonds is 9. The molecule has 1 fully saturated rings. The highest BCUT2D eigenvalue weighted by molar-refractivity contribution is 7.86. The van der Waals surface area contributed by atoms with E-state index in [1.165, 1.54) is 5.56 Å². The summed E-state index contributed by atoms with van der Waals surface area (Å²) in [5.74, 6) is 0.548. The van der Waals surface area contributed by atoms with Crippen molar-refractivity contribution in [2.24, 2.45) is 0 Å². The molecule has 148 valence electrons. The molecule has 0 aromatic heterocycles. The Kier molecular flexibility index (Phi) is 6.92. The molecular formula is C21H34O4S. The molecule has 0 aliphatic carbocycles. The van der Waals surface area contributed by atoms with Crippen LogP contribution >= 0.6 is 0 Å². The molecule has 5 heteroatoms. The molecule has 1 heterocycles. The molecule has 0 saturated carbocycles. The van der Waals surface area contributed by atoms with Gasteiger partial charge in [-0.25, -0.2) is 0 Å². The molecule has 1 aliphatic heterocycles. The fourth-order valence-corrected chi connectivity index (χ4v) is 4.86. The topological polar surface area (TPSA) is 55.9 Å². The highest BCUT2D eigenvalue weighted by Gasteiger charge is 2.40. The molecule has 1 aromatic rings. The van der Waals surface area contributed by atoms with E-state index in [4.69, 9.17) is 8.92 Å². The molecule has 1 saturated heterocycles. The SMILES string of the molecule is CCCC1OC1COS(=O)(=O)c1c(C(C)C)cc(C(C)C)cc1C(C)C. The van der Waals surface area contributed by atoms with Gasteiger partial charge in [0.05, 0.1) is 12.7 Å². The van der Waals surface area contributed by atoms with E-state index in [0.717, 1.165) is 24.0 Å². The molecule has 0 N–H and O–H groups in total. The summed E-state index contributed by atoms with van der Waals surface area (Å²) in [4.78, 5) is 0.361. The van der Waals surface area contributed by atoms with Gasteiger partial charge in [-0.2, -0.15) is 8.42 Å². The highest BCUT2D eigenvalue weighted by Crippen LogP contribution is 2.36. The van der Waals surface area contributed by atoms with Crippen molar-refractivity contribution in [1.29, 1.82) is 0 Å². The number of epoxide rings is 1. The molecule has 0 amide bonds. The van der Waals surface area contributed by atoms with Gasteiger partial charge in [-0.1, -0.05) is 67.0 Å². The second-order valence-electron chi connectivity index (χ2n) is 8.23. The Morgan fingerprint density at radius 3 is 1.92 bits per heavy atom. The summed E-state index contributed by atoms with van der Waals surface area (Å²) in [6, 6.07) is 4.07. The quantitative estimate of drug-likeness (QED) is 0.428. The molecule has 4 nitrogen and oxygen atoms in total. The van der Waals surface area contributed by atoms with Gasteiger partial charge in [-0.05, 0) is 40.9 Å². The standard InChI is InChI=1S/C21H34O4S/c1-8-9-19-20(25-19)12-24-26(22,23)21-17(14(4)5)10-16(13(2)3)11-18(21)15(6)7/h10-11,13-15,19-20H,8-9,12H2,1-7H3. The van der Waals surface area contributed by atoms with Gasteiger partial charge in [0.25, 0.3) is 10.1 Å². The summed E-state index contributed by atoms with van der Waals surface area (Å²) < 4.78 is 37.1. The highest BCUT2D eigenvalue weighted by atomic mass is 32.2. The number of hydrogen-bond donors (Lipinski definition) is 0. The number of ether oxygens (including phenoxy) is 1. The lowest BCUT2D eigenvalue weighted by atomic mass is 9.89. The molecular weight excluding hydrogens is 348 g/mol. The van der Waals surface area contributed by atoms with E-state index in [9.17, 15) is 8.42 Å². The van der Waals surface area contributed by atoms with Crippen molar-refractivity contribution in [2.45, 2.75) is 96.2 Å². The summed E-state index contributed by atoms with van der Waals surface area (Å²) in [5.41, 5.74) is 2.87. The van der Waals surface area contributed by atoms with E-state index < -0.39 is 10.1 Å². The largest absolute Gasteiger partial charge is 0.367 e. The number of benzene rings is 1. The molecule has 0 spiro atoms. The van der Waals surface area contributed by atoms with Crippen molar-refractivity contribution < 1.29 is 17.3 Å². The Balaban J connectivity index is 2.39. The van der Waals surface area contributed by atoms with E-state index in [1.807, 2.05) is 39.8 Å². The van der Waals surface area contributed by atoms with Crippen LogP contribution in [-0.2, 0) is 19.0 Å². The van der Waals surface area contributed by atoms with Gasteiger partial charge in [0.1, 0.15) is 11.0 Å². The van der Waals surface area contributed by atoms with Gasteiger partial charge in [-0.3, -0.25) is 4.18 Å².